The normalized spacial score (nSPS) is 11.8. The van der Waals surface area contributed by atoms with Gasteiger partial charge in [-0.2, -0.15) is 0 Å². The Morgan fingerprint density at radius 1 is 1.06 bits per heavy atom. The van der Waals surface area contributed by atoms with Crippen LogP contribution in [0.15, 0.2) is 79.3 Å². The minimum absolute atomic E-state index is 0.0209. The fourth-order valence-electron chi connectivity index (χ4n) is 3.98. The van der Waals surface area contributed by atoms with Crippen molar-refractivity contribution in [2.75, 3.05) is 18.5 Å². The van der Waals surface area contributed by atoms with Crippen LogP contribution in [0.5, 0.6) is 5.75 Å². The fourth-order valence-corrected chi connectivity index (χ4v) is 3.98. The highest BCUT2D eigenvalue weighted by molar-refractivity contribution is 5.89. The average molecular weight is 429 g/mol. The van der Waals surface area contributed by atoms with Crippen molar-refractivity contribution >= 4 is 22.6 Å². The van der Waals surface area contributed by atoms with Gasteiger partial charge in [0.05, 0.1) is 6.61 Å². The zero-order chi connectivity index (χ0) is 22.3. The Morgan fingerprint density at radius 3 is 2.59 bits per heavy atom. The Bertz CT molecular complexity index is 1170. The van der Waals surface area contributed by atoms with Gasteiger partial charge in [0.1, 0.15) is 5.75 Å². The Labute approximate surface area is 188 Å². The van der Waals surface area contributed by atoms with Gasteiger partial charge in [-0.15, -0.1) is 0 Å². The highest BCUT2D eigenvalue weighted by Crippen LogP contribution is 2.32. The number of ether oxygens (including phenoxy) is 1. The van der Waals surface area contributed by atoms with E-state index >= 15 is 0 Å². The van der Waals surface area contributed by atoms with E-state index in [0.717, 1.165) is 17.9 Å². The second kappa shape index (κ2) is 10.0. The molecule has 6 heteroatoms. The topological polar surface area (TPSA) is 68.2 Å². The maximum absolute atomic E-state index is 12.6. The first-order valence-corrected chi connectivity index (χ1v) is 10.9. The molecule has 4 aromatic rings. The molecule has 0 bridgehead atoms. The predicted molar refractivity (Wildman–Crippen MR) is 128 cm³/mol. The Kier molecular flexibility index (Phi) is 6.70. The van der Waals surface area contributed by atoms with E-state index in [9.17, 15) is 4.79 Å². The predicted octanol–water partition coefficient (Wildman–Crippen LogP) is 5.41. The SMILES string of the molecule is CCOc1ccc(NC(=O)NC[C@H](c2cccnc2)c2cn(CC)c3ccccc23)cc1. The summed E-state index contributed by atoms with van der Waals surface area (Å²) in [6, 6.07) is 19.5. The van der Waals surface area contributed by atoms with E-state index in [4.69, 9.17) is 4.74 Å². The van der Waals surface area contributed by atoms with Crippen LogP contribution in [-0.4, -0.2) is 28.7 Å². The van der Waals surface area contributed by atoms with Crippen molar-refractivity contribution in [2.45, 2.75) is 26.3 Å². The molecule has 2 amide bonds. The van der Waals surface area contributed by atoms with Crippen molar-refractivity contribution in [3.8, 4) is 5.75 Å². The molecule has 0 saturated heterocycles. The van der Waals surface area contributed by atoms with Crippen LogP contribution in [0.1, 0.15) is 30.9 Å². The zero-order valence-corrected chi connectivity index (χ0v) is 18.4. The number of aromatic nitrogens is 2. The van der Waals surface area contributed by atoms with E-state index < -0.39 is 0 Å². The number of nitrogens with zero attached hydrogens (tertiary/aromatic N) is 2. The highest BCUT2D eigenvalue weighted by atomic mass is 16.5. The number of amides is 2. The number of rotatable bonds is 8. The number of hydrogen-bond donors (Lipinski definition) is 2. The number of hydrogen-bond acceptors (Lipinski definition) is 3. The number of nitrogens with one attached hydrogen (secondary N) is 2. The van der Waals surface area contributed by atoms with Gasteiger partial charge in [-0.1, -0.05) is 24.3 Å². The molecule has 4 rings (SSSR count). The van der Waals surface area contributed by atoms with Gasteiger partial charge in [-0.3, -0.25) is 4.98 Å². The summed E-state index contributed by atoms with van der Waals surface area (Å²) in [6.45, 7) is 6.02. The third-order valence-electron chi connectivity index (χ3n) is 5.51. The Hall–Kier alpha value is -3.80. The van der Waals surface area contributed by atoms with E-state index in [1.807, 2.05) is 43.5 Å². The molecule has 2 aromatic heterocycles. The van der Waals surface area contributed by atoms with Crippen LogP contribution >= 0.6 is 0 Å². The monoisotopic (exact) mass is 428 g/mol. The van der Waals surface area contributed by atoms with Crippen molar-refractivity contribution in [1.82, 2.24) is 14.9 Å². The maximum Gasteiger partial charge on any atom is 0.319 e. The lowest BCUT2D eigenvalue weighted by Crippen LogP contribution is -2.32. The van der Waals surface area contributed by atoms with Crippen LogP contribution in [0.2, 0.25) is 0 Å². The summed E-state index contributed by atoms with van der Waals surface area (Å²) in [5.41, 5.74) is 4.15. The maximum atomic E-state index is 12.6. The summed E-state index contributed by atoms with van der Waals surface area (Å²) < 4.78 is 7.70. The minimum atomic E-state index is -0.248. The second-order valence-electron chi connectivity index (χ2n) is 7.52. The summed E-state index contributed by atoms with van der Waals surface area (Å²) in [6.07, 6.45) is 5.82. The van der Waals surface area contributed by atoms with E-state index in [2.05, 4.69) is 63.6 Å². The lowest BCUT2D eigenvalue weighted by Gasteiger charge is -2.18. The molecule has 32 heavy (non-hydrogen) atoms. The van der Waals surface area contributed by atoms with Crippen LogP contribution in [0, 0.1) is 0 Å². The second-order valence-corrected chi connectivity index (χ2v) is 7.52. The van der Waals surface area contributed by atoms with Crippen LogP contribution in [0.25, 0.3) is 10.9 Å². The number of carbonyl (C=O) groups excluding carboxylic acids is 1. The molecule has 0 aliphatic rings. The number of fused-ring (bicyclic) bond motifs is 1. The molecule has 0 saturated carbocycles. The van der Waals surface area contributed by atoms with Gasteiger partial charge in [0, 0.05) is 54.2 Å². The number of urea groups is 1. The van der Waals surface area contributed by atoms with Gasteiger partial charge in [-0.05, 0) is 61.4 Å². The first kappa shape index (κ1) is 21.4. The summed E-state index contributed by atoms with van der Waals surface area (Å²) in [7, 11) is 0. The van der Waals surface area contributed by atoms with E-state index in [0.29, 0.717) is 18.8 Å². The summed E-state index contributed by atoms with van der Waals surface area (Å²) in [5, 5.41) is 7.13. The molecule has 0 unspecified atom stereocenters. The quantitative estimate of drug-likeness (QED) is 0.394. The minimum Gasteiger partial charge on any atom is -0.494 e. The van der Waals surface area contributed by atoms with E-state index in [-0.39, 0.29) is 11.9 Å². The molecule has 0 spiro atoms. The van der Waals surface area contributed by atoms with Crippen molar-refractivity contribution < 1.29 is 9.53 Å². The number of para-hydroxylation sites is 1. The molecule has 164 valence electrons. The largest absolute Gasteiger partial charge is 0.494 e. The number of anilines is 1. The Balaban J connectivity index is 1.54. The van der Waals surface area contributed by atoms with E-state index in [1.54, 1.807) is 6.20 Å². The summed E-state index contributed by atoms with van der Waals surface area (Å²) in [5.74, 6) is 0.759. The van der Waals surface area contributed by atoms with Gasteiger partial charge >= 0.3 is 6.03 Å². The smallest absolute Gasteiger partial charge is 0.319 e. The summed E-state index contributed by atoms with van der Waals surface area (Å²) >= 11 is 0. The molecule has 2 heterocycles. The molecule has 0 aliphatic heterocycles. The lowest BCUT2D eigenvalue weighted by atomic mass is 9.92. The molecule has 2 N–H and O–H groups in total. The van der Waals surface area contributed by atoms with Crippen molar-refractivity contribution in [3.05, 3.63) is 90.4 Å². The first-order chi connectivity index (χ1) is 15.7. The van der Waals surface area contributed by atoms with Crippen molar-refractivity contribution in [1.29, 1.82) is 0 Å². The molecule has 6 nitrogen and oxygen atoms in total. The standard InChI is InChI=1S/C26H28N4O2/c1-3-30-18-24(22-9-5-6-10-25(22)30)23(19-8-7-15-27-16-19)17-28-26(31)29-20-11-13-21(14-12-20)32-4-2/h5-16,18,23H,3-4,17H2,1-2H3,(H2,28,29,31)/t23-/m1/s1. The average Bonchev–Trinajstić information content (AvgIpc) is 3.20. The molecule has 0 aliphatic carbocycles. The molecular formula is C26H28N4O2. The molecule has 0 fully saturated rings. The molecule has 2 aromatic carbocycles. The molecular weight excluding hydrogens is 400 g/mol. The van der Waals surface area contributed by atoms with Gasteiger partial charge in [0.25, 0.3) is 0 Å². The van der Waals surface area contributed by atoms with Crippen molar-refractivity contribution in [3.63, 3.8) is 0 Å². The zero-order valence-electron chi connectivity index (χ0n) is 18.4. The third-order valence-corrected chi connectivity index (χ3v) is 5.51. The van der Waals surface area contributed by atoms with Gasteiger partial charge in [-0.25, -0.2) is 4.79 Å². The number of benzene rings is 2. The summed E-state index contributed by atoms with van der Waals surface area (Å²) in [4.78, 5) is 17.0. The lowest BCUT2D eigenvalue weighted by molar-refractivity contribution is 0.252. The Morgan fingerprint density at radius 2 is 1.88 bits per heavy atom. The number of carbonyl (C=O) groups is 1. The van der Waals surface area contributed by atoms with Crippen molar-refractivity contribution in [2.24, 2.45) is 0 Å². The van der Waals surface area contributed by atoms with Crippen LogP contribution in [0.3, 0.4) is 0 Å². The highest BCUT2D eigenvalue weighted by Gasteiger charge is 2.20. The van der Waals surface area contributed by atoms with Crippen LogP contribution < -0.4 is 15.4 Å². The van der Waals surface area contributed by atoms with Gasteiger partial charge in [0.15, 0.2) is 0 Å². The van der Waals surface area contributed by atoms with Crippen LogP contribution in [-0.2, 0) is 6.54 Å². The van der Waals surface area contributed by atoms with Gasteiger partial charge in [0.2, 0.25) is 0 Å². The number of pyridine rings is 1. The van der Waals surface area contributed by atoms with Gasteiger partial charge < -0.3 is 19.9 Å². The van der Waals surface area contributed by atoms with E-state index in [1.165, 1.54) is 16.5 Å². The molecule has 0 radical (unpaired) electrons. The third kappa shape index (κ3) is 4.75. The number of aryl methyl sites for hydroxylation is 1. The molecule has 1 atom stereocenters. The first-order valence-electron chi connectivity index (χ1n) is 10.9. The fraction of sp³-hybridized carbons (Fsp3) is 0.231. The van der Waals surface area contributed by atoms with Crippen LogP contribution in [0.4, 0.5) is 10.5 Å².